The number of nitrogens with zero attached hydrogens (tertiary/aromatic N) is 4. The van der Waals surface area contributed by atoms with E-state index in [1.165, 1.54) is 16.7 Å². The first kappa shape index (κ1) is 21.2. The number of amides is 2. The summed E-state index contributed by atoms with van der Waals surface area (Å²) in [5.41, 5.74) is 1.56. The highest BCUT2D eigenvalue weighted by molar-refractivity contribution is 7.99. The van der Waals surface area contributed by atoms with Gasteiger partial charge in [-0.25, -0.2) is 0 Å². The van der Waals surface area contributed by atoms with Gasteiger partial charge in [-0.1, -0.05) is 29.4 Å². The molecule has 1 heterocycles. The molecule has 1 aromatic heterocycles. The molecule has 27 heavy (non-hydrogen) atoms. The molecule has 9 heteroatoms. The van der Waals surface area contributed by atoms with Gasteiger partial charge >= 0.3 is 0 Å². The number of rotatable bonds is 8. The predicted molar refractivity (Wildman–Crippen MR) is 108 cm³/mol. The standard InChI is InChI=1S/C18H24ClN5O2S/c1-5-23(9-16(25)21-15-8-14(19)7-6-13(15)4)17(26)10-27-18-22-20-11-24(18)12(2)3/h6-8,11-12H,5,9-10H2,1-4H3,(H,21,25). The number of aromatic nitrogens is 3. The number of halogens is 1. The molecule has 2 rings (SSSR count). The zero-order valence-electron chi connectivity index (χ0n) is 15.9. The second-order valence-electron chi connectivity index (χ2n) is 6.32. The molecule has 7 nitrogen and oxygen atoms in total. The number of aryl methyl sites for hydroxylation is 1. The SMILES string of the molecule is CCN(CC(=O)Nc1cc(Cl)ccc1C)C(=O)CSc1nncn1C(C)C. The maximum absolute atomic E-state index is 12.5. The first-order valence-electron chi connectivity index (χ1n) is 8.67. The second kappa shape index (κ2) is 9.75. The lowest BCUT2D eigenvalue weighted by atomic mass is 10.2. The molecular formula is C18H24ClN5O2S. The van der Waals surface area contributed by atoms with E-state index in [0.717, 1.165) is 5.56 Å². The van der Waals surface area contributed by atoms with Crippen LogP contribution in [0.3, 0.4) is 0 Å². The molecule has 0 saturated carbocycles. The Labute approximate surface area is 168 Å². The largest absolute Gasteiger partial charge is 0.333 e. The first-order chi connectivity index (χ1) is 12.8. The van der Waals surface area contributed by atoms with E-state index in [-0.39, 0.29) is 30.2 Å². The summed E-state index contributed by atoms with van der Waals surface area (Å²) in [6, 6.07) is 5.51. The van der Waals surface area contributed by atoms with Gasteiger partial charge in [-0.15, -0.1) is 10.2 Å². The van der Waals surface area contributed by atoms with Gasteiger partial charge in [-0.3, -0.25) is 9.59 Å². The topological polar surface area (TPSA) is 80.1 Å². The maximum Gasteiger partial charge on any atom is 0.244 e. The minimum atomic E-state index is -0.258. The summed E-state index contributed by atoms with van der Waals surface area (Å²) in [4.78, 5) is 26.4. The van der Waals surface area contributed by atoms with Crippen LogP contribution in [0.4, 0.5) is 5.69 Å². The van der Waals surface area contributed by atoms with E-state index in [1.807, 2.05) is 38.3 Å². The Balaban J connectivity index is 1.93. The molecule has 0 saturated heterocycles. The fourth-order valence-corrected chi connectivity index (χ4v) is 3.49. The highest BCUT2D eigenvalue weighted by Gasteiger charge is 2.18. The lowest BCUT2D eigenvalue weighted by Gasteiger charge is -2.20. The Morgan fingerprint density at radius 1 is 1.37 bits per heavy atom. The fourth-order valence-electron chi connectivity index (χ4n) is 2.38. The number of hydrogen-bond donors (Lipinski definition) is 1. The third-order valence-corrected chi connectivity index (χ3v) is 5.14. The van der Waals surface area contributed by atoms with Gasteiger partial charge < -0.3 is 14.8 Å². The Kier molecular flexibility index (Phi) is 7.67. The van der Waals surface area contributed by atoms with Crippen LogP contribution in [0.1, 0.15) is 32.4 Å². The van der Waals surface area contributed by atoms with Crippen LogP contribution in [0.5, 0.6) is 0 Å². The number of thioether (sulfide) groups is 1. The van der Waals surface area contributed by atoms with E-state index in [4.69, 9.17) is 11.6 Å². The van der Waals surface area contributed by atoms with Crippen molar-refractivity contribution in [2.75, 3.05) is 24.2 Å². The molecular weight excluding hydrogens is 386 g/mol. The summed E-state index contributed by atoms with van der Waals surface area (Å²) in [5.74, 6) is -0.187. The quantitative estimate of drug-likeness (QED) is 0.676. The summed E-state index contributed by atoms with van der Waals surface area (Å²) in [5, 5.41) is 12.0. The molecule has 0 atom stereocenters. The van der Waals surface area contributed by atoms with Crippen molar-refractivity contribution in [1.82, 2.24) is 19.7 Å². The maximum atomic E-state index is 12.5. The third kappa shape index (κ3) is 5.97. The Morgan fingerprint density at radius 3 is 2.78 bits per heavy atom. The zero-order chi connectivity index (χ0) is 20.0. The molecule has 0 aliphatic rings. The van der Waals surface area contributed by atoms with Gasteiger partial charge in [0.1, 0.15) is 6.33 Å². The molecule has 1 N–H and O–H groups in total. The van der Waals surface area contributed by atoms with Gasteiger partial charge in [0, 0.05) is 23.3 Å². The van der Waals surface area contributed by atoms with E-state index < -0.39 is 0 Å². The van der Waals surface area contributed by atoms with Crippen LogP contribution in [0.15, 0.2) is 29.7 Å². The zero-order valence-corrected chi connectivity index (χ0v) is 17.5. The van der Waals surface area contributed by atoms with Crippen LogP contribution in [-0.4, -0.2) is 50.3 Å². The number of carbonyl (C=O) groups is 2. The van der Waals surface area contributed by atoms with E-state index in [9.17, 15) is 9.59 Å². The number of anilines is 1. The van der Waals surface area contributed by atoms with Crippen LogP contribution in [0, 0.1) is 6.92 Å². The van der Waals surface area contributed by atoms with Crippen molar-refractivity contribution in [2.24, 2.45) is 0 Å². The van der Waals surface area contributed by atoms with Crippen LogP contribution in [-0.2, 0) is 9.59 Å². The predicted octanol–water partition coefficient (Wildman–Crippen LogP) is 3.40. The minimum Gasteiger partial charge on any atom is -0.333 e. The van der Waals surface area contributed by atoms with Gasteiger partial charge in [0.2, 0.25) is 11.8 Å². The van der Waals surface area contributed by atoms with E-state index in [1.54, 1.807) is 18.5 Å². The molecule has 0 unspecified atom stereocenters. The molecule has 2 aromatic rings. The van der Waals surface area contributed by atoms with Gasteiger partial charge in [0.25, 0.3) is 0 Å². The molecule has 0 radical (unpaired) electrons. The Morgan fingerprint density at radius 2 is 2.11 bits per heavy atom. The van der Waals surface area contributed by atoms with Crippen molar-refractivity contribution in [3.05, 3.63) is 35.1 Å². The monoisotopic (exact) mass is 409 g/mol. The third-order valence-electron chi connectivity index (χ3n) is 3.96. The molecule has 1 aromatic carbocycles. The van der Waals surface area contributed by atoms with Gasteiger partial charge in [-0.2, -0.15) is 0 Å². The van der Waals surface area contributed by atoms with Crippen LogP contribution in [0.25, 0.3) is 0 Å². The van der Waals surface area contributed by atoms with Crippen LogP contribution < -0.4 is 5.32 Å². The van der Waals surface area contributed by atoms with Crippen molar-refractivity contribution in [3.8, 4) is 0 Å². The van der Waals surface area contributed by atoms with Crippen molar-refractivity contribution in [2.45, 2.75) is 38.9 Å². The smallest absolute Gasteiger partial charge is 0.244 e. The fraction of sp³-hybridized carbons (Fsp3) is 0.444. The van der Waals surface area contributed by atoms with Crippen molar-refractivity contribution >= 4 is 40.9 Å². The van der Waals surface area contributed by atoms with E-state index in [2.05, 4.69) is 15.5 Å². The molecule has 0 fully saturated rings. The summed E-state index contributed by atoms with van der Waals surface area (Å²) >= 11 is 7.30. The Bertz CT molecular complexity index is 809. The lowest BCUT2D eigenvalue weighted by Crippen LogP contribution is -2.39. The highest BCUT2D eigenvalue weighted by Crippen LogP contribution is 2.21. The van der Waals surface area contributed by atoms with Crippen LogP contribution >= 0.6 is 23.4 Å². The molecule has 2 amide bonds. The summed E-state index contributed by atoms with van der Waals surface area (Å²) in [6.07, 6.45) is 1.65. The highest BCUT2D eigenvalue weighted by atomic mass is 35.5. The number of likely N-dealkylation sites (N-methyl/N-ethyl adjacent to an activating group) is 1. The first-order valence-corrected chi connectivity index (χ1v) is 10.0. The molecule has 0 spiro atoms. The van der Waals surface area contributed by atoms with Crippen LogP contribution in [0.2, 0.25) is 5.02 Å². The molecule has 0 bridgehead atoms. The minimum absolute atomic E-state index is 0.0152. The van der Waals surface area contributed by atoms with E-state index in [0.29, 0.717) is 22.4 Å². The summed E-state index contributed by atoms with van der Waals surface area (Å²) in [7, 11) is 0. The average molecular weight is 410 g/mol. The second-order valence-corrected chi connectivity index (χ2v) is 7.70. The normalized spacial score (nSPS) is 10.9. The van der Waals surface area contributed by atoms with Gasteiger partial charge in [0.05, 0.1) is 12.3 Å². The number of carbonyl (C=O) groups excluding carboxylic acids is 2. The number of benzene rings is 1. The van der Waals surface area contributed by atoms with Gasteiger partial charge in [0.15, 0.2) is 5.16 Å². The van der Waals surface area contributed by atoms with Crippen molar-refractivity contribution in [3.63, 3.8) is 0 Å². The molecule has 146 valence electrons. The van der Waals surface area contributed by atoms with E-state index >= 15 is 0 Å². The average Bonchev–Trinajstić information content (AvgIpc) is 3.09. The lowest BCUT2D eigenvalue weighted by molar-refractivity contribution is -0.132. The van der Waals surface area contributed by atoms with Gasteiger partial charge in [-0.05, 0) is 45.4 Å². The van der Waals surface area contributed by atoms with Crippen molar-refractivity contribution in [1.29, 1.82) is 0 Å². The van der Waals surface area contributed by atoms with Crippen molar-refractivity contribution < 1.29 is 9.59 Å². The molecule has 0 aliphatic carbocycles. The number of hydrogen-bond acceptors (Lipinski definition) is 5. The summed E-state index contributed by atoms with van der Waals surface area (Å²) < 4.78 is 1.91. The molecule has 0 aliphatic heterocycles. The number of nitrogens with one attached hydrogen (secondary N) is 1. The Hall–Kier alpha value is -2.06. The summed E-state index contributed by atoms with van der Waals surface area (Å²) in [6.45, 7) is 8.20.